The first-order valence-corrected chi connectivity index (χ1v) is 16.9. The van der Waals surface area contributed by atoms with Crippen molar-refractivity contribution in [3.63, 3.8) is 0 Å². The monoisotopic (exact) mass is 658 g/mol. The zero-order valence-electron chi connectivity index (χ0n) is 26.9. The molecule has 1 spiro atoms. The Balaban J connectivity index is 1.07. The van der Waals surface area contributed by atoms with E-state index in [0.717, 1.165) is 36.0 Å². The maximum atomic E-state index is 13.5. The van der Waals surface area contributed by atoms with Gasteiger partial charge in [-0.1, -0.05) is 48.6 Å². The molecule has 3 unspecified atom stereocenters. The Labute approximate surface area is 279 Å². The van der Waals surface area contributed by atoms with E-state index in [-0.39, 0.29) is 25.1 Å². The van der Waals surface area contributed by atoms with Crippen LogP contribution in [0, 0.1) is 5.92 Å². The quantitative estimate of drug-likeness (QED) is 0.222. The van der Waals surface area contributed by atoms with E-state index in [4.69, 9.17) is 24.1 Å². The fraction of sp³-hybridized carbons (Fsp3) is 0.486. The van der Waals surface area contributed by atoms with Crippen LogP contribution < -0.4 is 10.6 Å². The van der Waals surface area contributed by atoms with E-state index in [1.54, 1.807) is 18.2 Å². The van der Waals surface area contributed by atoms with E-state index >= 15 is 0 Å². The molecular weight excluding hydrogens is 616 g/mol. The molecule has 1 saturated carbocycles. The summed E-state index contributed by atoms with van der Waals surface area (Å²) in [5.41, 5.74) is 3.83. The van der Waals surface area contributed by atoms with Gasteiger partial charge in [0.1, 0.15) is 24.4 Å². The molecule has 8 atom stereocenters. The minimum Gasteiger partial charge on any atom is -0.456 e. The van der Waals surface area contributed by atoms with Gasteiger partial charge in [-0.15, -0.1) is 0 Å². The molecule has 2 amide bonds. The number of allylic oxidation sites excluding steroid dienone is 1. The summed E-state index contributed by atoms with van der Waals surface area (Å²) in [5.74, 6) is -2.25. The van der Waals surface area contributed by atoms with Gasteiger partial charge in [-0.3, -0.25) is 9.59 Å². The second-order valence-electron chi connectivity index (χ2n) is 13.5. The summed E-state index contributed by atoms with van der Waals surface area (Å²) in [4.78, 5) is 39.7. The molecule has 254 valence electrons. The highest BCUT2D eigenvalue weighted by Gasteiger charge is 2.55. The lowest BCUT2D eigenvalue weighted by molar-refractivity contribution is -0.172. The molecule has 11 heteroatoms. The van der Waals surface area contributed by atoms with E-state index in [1.807, 2.05) is 36.4 Å². The van der Waals surface area contributed by atoms with Gasteiger partial charge in [-0.25, -0.2) is 4.79 Å². The first-order chi connectivity index (χ1) is 23.2. The predicted molar refractivity (Wildman–Crippen MR) is 173 cm³/mol. The number of aliphatic hydroxyl groups is 2. The van der Waals surface area contributed by atoms with Gasteiger partial charge in [0.05, 0.1) is 30.5 Å². The summed E-state index contributed by atoms with van der Waals surface area (Å²) in [6, 6.07) is 14.0. The van der Waals surface area contributed by atoms with Crippen molar-refractivity contribution in [3.05, 3.63) is 88.5 Å². The Kier molecular flexibility index (Phi) is 9.23. The number of fused-ring (bicyclic) bond motifs is 3. The van der Waals surface area contributed by atoms with E-state index in [2.05, 4.69) is 22.8 Å². The zero-order valence-corrected chi connectivity index (χ0v) is 26.9. The predicted octanol–water partition coefficient (Wildman–Crippen LogP) is 2.38. The third-order valence-electron chi connectivity index (χ3n) is 9.98. The Morgan fingerprint density at radius 2 is 1.79 bits per heavy atom. The first kappa shape index (κ1) is 32.7. The molecule has 0 radical (unpaired) electrons. The van der Waals surface area contributed by atoms with Crippen LogP contribution in [0.15, 0.2) is 66.3 Å². The molecule has 0 aromatic heterocycles. The van der Waals surface area contributed by atoms with Gasteiger partial charge in [0.15, 0.2) is 5.79 Å². The highest BCUT2D eigenvalue weighted by molar-refractivity contribution is 5.97. The van der Waals surface area contributed by atoms with Crippen LogP contribution >= 0.6 is 0 Å². The lowest BCUT2D eigenvalue weighted by Crippen LogP contribution is -2.54. The molecule has 2 aliphatic heterocycles. The van der Waals surface area contributed by atoms with Crippen LogP contribution in [0.25, 0.3) is 6.08 Å². The third kappa shape index (κ3) is 6.97. The van der Waals surface area contributed by atoms with Crippen LogP contribution in [0.1, 0.15) is 59.7 Å². The van der Waals surface area contributed by atoms with Gasteiger partial charge < -0.3 is 39.8 Å². The molecule has 3 fully saturated rings. The second kappa shape index (κ2) is 13.6. The average molecular weight is 659 g/mol. The number of carbonyl (C=O) groups excluding carboxylic acids is 3. The molecule has 4 N–H and O–H groups in total. The fourth-order valence-electron chi connectivity index (χ4n) is 7.38. The molecule has 7 rings (SSSR count). The van der Waals surface area contributed by atoms with Crippen molar-refractivity contribution in [2.45, 2.75) is 93.9 Å². The first-order valence-electron chi connectivity index (χ1n) is 16.9. The highest BCUT2D eigenvalue weighted by Crippen LogP contribution is 2.45. The minimum absolute atomic E-state index is 0.0176. The minimum atomic E-state index is -1.26. The molecule has 5 aliphatic rings. The third-order valence-corrected chi connectivity index (χ3v) is 9.98. The molecule has 2 heterocycles. The number of carbonyl (C=O) groups is 3. The lowest BCUT2D eigenvalue weighted by Gasteiger charge is -2.31. The summed E-state index contributed by atoms with van der Waals surface area (Å²) in [7, 11) is 0. The van der Waals surface area contributed by atoms with Crippen molar-refractivity contribution in [2.24, 2.45) is 5.92 Å². The molecule has 2 aromatic carbocycles. The summed E-state index contributed by atoms with van der Waals surface area (Å²) >= 11 is 0. The van der Waals surface area contributed by atoms with Crippen LogP contribution in [0.5, 0.6) is 0 Å². The number of ether oxygens (including phenoxy) is 4. The van der Waals surface area contributed by atoms with Gasteiger partial charge in [0.2, 0.25) is 11.8 Å². The Morgan fingerprint density at radius 3 is 2.48 bits per heavy atom. The fourth-order valence-corrected chi connectivity index (χ4v) is 7.38. The average Bonchev–Trinajstić information content (AvgIpc) is 3.64. The molecule has 48 heavy (non-hydrogen) atoms. The molecular formula is C37H42N2O9. The normalized spacial score (nSPS) is 29.3. The van der Waals surface area contributed by atoms with Gasteiger partial charge in [0, 0.05) is 31.4 Å². The highest BCUT2D eigenvalue weighted by atomic mass is 16.8. The van der Waals surface area contributed by atoms with Gasteiger partial charge >= 0.3 is 5.97 Å². The van der Waals surface area contributed by atoms with Crippen molar-refractivity contribution in [2.75, 3.05) is 13.2 Å². The summed E-state index contributed by atoms with van der Waals surface area (Å²) in [6.45, 7) is 1.09. The van der Waals surface area contributed by atoms with E-state index < -0.39 is 54.0 Å². The van der Waals surface area contributed by atoms with Gasteiger partial charge in [-0.05, 0) is 67.0 Å². The lowest BCUT2D eigenvalue weighted by atomic mass is 9.89. The summed E-state index contributed by atoms with van der Waals surface area (Å²) < 4.78 is 24.8. The Morgan fingerprint density at radius 1 is 1.04 bits per heavy atom. The smallest absolute Gasteiger partial charge is 0.338 e. The van der Waals surface area contributed by atoms with E-state index in [0.29, 0.717) is 36.5 Å². The van der Waals surface area contributed by atoms with Crippen LogP contribution in [-0.2, 0) is 41.4 Å². The van der Waals surface area contributed by atoms with Gasteiger partial charge in [0.25, 0.3) is 0 Å². The standard InChI is InChI=1S/C37H42N2O9/c1-21(41)32(35(43)38-14-15-40)39-34(42)27-17-30(33-31(18-27)47-37(48-33)19-25-4-2-3-5-26(25)20-37)46-36(44)24-11-8-22(9-12-24)6-7-23-10-13-28-29(16-23)45-28/h2-9,11-12,18,21,23,28-33,40-41H,10,13-17,19-20H2,1H3,(H,38,43)(H,39,42)/t21-,23?,28?,29?,30+,31+,32+,33-/m0/s1. The number of nitrogens with one attached hydrogen (secondary N) is 2. The van der Waals surface area contributed by atoms with Crippen LogP contribution in [-0.4, -0.2) is 89.6 Å². The number of hydrogen-bond donors (Lipinski definition) is 4. The maximum Gasteiger partial charge on any atom is 0.338 e. The van der Waals surface area contributed by atoms with E-state index in [1.165, 1.54) is 6.92 Å². The number of esters is 1. The SMILES string of the molecule is C[C@H](O)[C@@H](NC(=O)C1=C[C@H]2OC3(Cc4ccccc4C3)O[C@H]2[C@H](OC(=O)c2ccc(C=CC3CCC4OC4C3)cc2)C1)C(=O)NCCO. The molecule has 11 nitrogen and oxygen atoms in total. The van der Waals surface area contributed by atoms with Crippen LogP contribution in [0.3, 0.4) is 0 Å². The molecule has 0 bridgehead atoms. The van der Waals surface area contributed by atoms with Crippen molar-refractivity contribution >= 4 is 23.9 Å². The number of hydrogen-bond acceptors (Lipinski definition) is 9. The van der Waals surface area contributed by atoms with Gasteiger partial charge in [-0.2, -0.15) is 0 Å². The molecule has 3 aliphatic carbocycles. The summed E-state index contributed by atoms with van der Waals surface area (Å²) in [5, 5.41) is 24.4. The topological polar surface area (TPSA) is 156 Å². The number of aliphatic hydroxyl groups excluding tert-OH is 2. The van der Waals surface area contributed by atoms with Crippen molar-refractivity contribution in [3.8, 4) is 0 Å². The number of benzene rings is 2. The van der Waals surface area contributed by atoms with Crippen LogP contribution in [0.4, 0.5) is 0 Å². The molecule has 2 saturated heterocycles. The number of rotatable bonds is 10. The van der Waals surface area contributed by atoms with E-state index in [9.17, 15) is 19.5 Å². The second-order valence-corrected chi connectivity index (χ2v) is 13.5. The zero-order chi connectivity index (χ0) is 33.4. The molecule has 2 aromatic rings. The summed E-state index contributed by atoms with van der Waals surface area (Å²) in [6.07, 6.45) is 7.77. The Hall–Kier alpha value is -3.87. The number of epoxide rings is 1. The van der Waals surface area contributed by atoms with Crippen molar-refractivity contribution < 1.29 is 43.5 Å². The number of amides is 2. The Bertz CT molecular complexity index is 1580. The largest absolute Gasteiger partial charge is 0.456 e. The van der Waals surface area contributed by atoms with Crippen LogP contribution in [0.2, 0.25) is 0 Å². The maximum absolute atomic E-state index is 13.5. The van der Waals surface area contributed by atoms with Crippen molar-refractivity contribution in [1.82, 2.24) is 10.6 Å². The van der Waals surface area contributed by atoms with Crippen molar-refractivity contribution in [1.29, 1.82) is 0 Å².